The van der Waals surface area contributed by atoms with Gasteiger partial charge in [0.1, 0.15) is 30.2 Å². The van der Waals surface area contributed by atoms with E-state index in [0.29, 0.717) is 71.0 Å². The van der Waals surface area contributed by atoms with Crippen molar-refractivity contribution in [3.8, 4) is 0 Å². The number of nitrogens with one attached hydrogen (secondary N) is 2. The molecule has 1 aromatic carbocycles. The van der Waals surface area contributed by atoms with E-state index in [4.69, 9.17) is 11.6 Å². The zero-order valence-electron chi connectivity index (χ0n) is 30.0. The molecule has 50 heavy (non-hydrogen) atoms. The highest BCUT2D eigenvalue weighted by atomic mass is 16.2. The van der Waals surface area contributed by atoms with Crippen LogP contribution < -0.4 is 22.3 Å². The fourth-order valence-corrected chi connectivity index (χ4v) is 7.41. The Labute approximate surface area is 295 Å². The molecule has 1 unspecified atom stereocenters. The number of nitrogens with two attached hydrogens (primary N) is 2. The third kappa shape index (κ3) is 8.81. The topological polar surface area (TPSA) is 191 Å². The van der Waals surface area contributed by atoms with E-state index in [-0.39, 0.29) is 29.5 Å². The Balaban J connectivity index is 1.48. The van der Waals surface area contributed by atoms with E-state index in [9.17, 15) is 28.8 Å². The van der Waals surface area contributed by atoms with Crippen LogP contribution in [-0.2, 0) is 35.2 Å². The van der Waals surface area contributed by atoms with Crippen molar-refractivity contribution in [3.05, 3.63) is 35.9 Å². The molecule has 0 bridgehead atoms. The highest BCUT2D eigenvalue weighted by Gasteiger charge is 2.44. The normalized spacial score (nSPS) is 23.3. The number of rotatable bonds is 12. The first kappa shape index (κ1) is 38.8. The van der Waals surface area contributed by atoms with Gasteiger partial charge in [-0.15, -0.1) is 0 Å². The summed E-state index contributed by atoms with van der Waals surface area (Å²) in [5.74, 6) is 2.92. The molecule has 6 amide bonds. The smallest absolute Gasteiger partial charge is 0.256 e. The van der Waals surface area contributed by atoms with Crippen LogP contribution in [0.4, 0.5) is 0 Å². The van der Waals surface area contributed by atoms with Crippen molar-refractivity contribution in [2.45, 2.75) is 121 Å². The van der Waals surface area contributed by atoms with Gasteiger partial charge in [-0.1, -0.05) is 50.6 Å². The molecule has 0 aromatic heterocycles. The second-order valence-corrected chi connectivity index (χ2v) is 14.1. The molecular weight excluding hydrogens is 640 g/mol. The Morgan fingerprint density at radius 1 is 0.820 bits per heavy atom. The third-order valence-corrected chi connectivity index (χ3v) is 10.8. The summed E-state index contributed by atoms with van der Waals surface area (Å²) in [6.07, 6.45) is 5.87. The van der Waals surface area contributed by atoms with E-state index in [1.165, 1.54) is 9.80 Å². The van der Waals surface area contributed by atoms with Gasteiger partial charge in [0.05, 0.1) is 6.04 Å². The quantitative estimate of drug-likeness (QED) is 0.139. The lowest BCUT2D eigenvalue weighted by Crippen LogP contribution is -2.63. The van der Waals surface area contributed by atoms with Crippen molar-refractivity contribution >= 4 is 35.4 Å². The van der Waals surface area contributed by atoms with Gasteiger partial charge in [-0.05, 0) is 76.2 Å². The largest absolute Gasteiger partial charge is 0.343 e. The van der Waals surface area contributed by atoms with Gasteiger partial charge in [0, 0.05) is 26.7 Å². The van der Waals surface area contributed by atoms with Crippen LogP contribution in [0.15, 0.2) is 30.3 Å². The van der Waals surface area contributed by atoms with E-state index >= 15 is 0 Å². The molecular formula is C36H56N8O6. The summed E-state index contributed by atoms with van der Waals surface area (Å²) in [5, 5.41) is 2.92. The molecule has 4 rings (SSSR count). The first-order chi connectivity index (χ1) is 23.9. The molecule has 7 atom stereocenters. The zero-order chi connectivity index (χ0) is 36.5. The maximum absolute atomic E-state index is 14.4. The summed E-state index contributed by atoms with van der Waals surface area (Å²) in [4.78, 5) is 87.7. The molecule has 3 fully saturated rings. The second-order valence-electron chi connectivity index (χ2n) is 14.1. The molecule has 1 aromatic rings. The van der Waals surface area contributed by atoms with E-state index in [1.807, 2.05) is 44.2 Å². The number of likely N-dealkylation sites (tertiary alicyclic amines) is 3. The molecule has 0 aliphatic carbocycles. The molecule has 0 spiro atoms. The Morgan fingerprint density at radius 3 is 2.04 bits per heavy atom. The van der Waals surface area contributed by atoms with Crippen molar-refractivity contribution in [2.24, 2.45) is 17.5 Å². The first-order valence-corrected chi connectivity index (χ1v) is 18.2. The van der Waals surface area contributed by atoms with Crippen molar-refractivity contribution in [3.63, 3.8) is 0 Å². The standard InChI is InChI=1S/C36H56N8O6/c1-5-23(2)30(39-31(45)26(37)22-25-14-7-6-8-15-25)36(50)44-20-12-10-17-29(44)35(49)43-19-11-9-16-28(43)34(48)41(4)24(3)33(47)42-21-13-18-27(42)32(46)40-38/h6-8,14-15,23-24,26-30H,5,9-13,16-22,37-38H2,1-4H3,(H,39,45)(H,40,46)/t23?,24-,26-,27+,28+,29-,30+/m1/s1. The summed E-state index contributed by atoms with van der Waals surface area (Å²) in [5.41, 5.74) is 9.32. The number of hydrogen-bond donors (Lipinski definition) is 4. The number of carbonyl (C=O) groups is 6. The molecule has 276 valence electrons. The zero-order valence-corrected chi connectivity index (χ0v) is 30.0. The van der Waals surface area contributed by atoms with Gasteiger partial charge in [-0.25, -0.2) is 5.84 Å². The number of likely N-dealkylation sites (N-methyl/N-ethyl adjacent to an activating group) is 1. The number of piperidine rings is 2. The molecule has 3 aliphatic heterocycles. The van der Waals surface area contributed by atoms with Crippen molar-refractivity contribution in [1.29, 1.82) is 0 Å². The predicted molar refractivity (Wildman–Crippen MR) is 188 cm³/mol. The number of hydrogen-bond acceptors (Lipinski definition) is 8. The SMILES string of the molecule is CCC(C)[C@H](NC(=O)[C@H](N)Cc1ccccc1)C(=O)N1CCCC[C@@H]1C(=O)N1CCCC[C@H]1C(=O)N(C)[C@H](C)C(=O)N1CCC[C@H]1C(=O)NN. The van der Waals surface area contributed by atoms with Gasteiger partial charge in [0.25, 0.3) is 5.91 Å². The average Bonchev–Trinajstić information content (AvgIpc) is 3.65. The van der Waals surface area contributed by atoms with E-state index in [0.717, 1.165) is 18.4 Å². The minimum atomic E-state index is -0.867. The summed E-state index contributed by atoms with van der Waals surface area (Å²) in [7, 11) is 1.55. The molecule has 3 saturated heterocycles. The summed E-state index contributed by atoms with van der Waals surface area (Å²) in [6.45, 7) is 6.58. The molecule has 14 nitrogen and oxygen atoms in total. The highest BCUT2D eigenvalue weighted by molar-refractivity contribution is 5.97. The molecule has 3 heterocycles. The van der Waals surface area contributed by atoms with Crippen LogP contribution >= 0.6 is 0 Å². The first-order valence-electron chi connectivity index (χ1n) is 18.2. The van der Waals surface area contributed by atoms with Crippen molar-refractivity contribution in [2.75, 3.05) is 26.7 Å². The average molecular weight is 697 g/mol. The van der Waals surface area contributed by atoms with Crippen molar-refractivity contribution in [1.82, 2.24) is 30.3 Å². The van der Waals surface area contributed by atoms with Gasteiger partial charge in [0.15, 0.2) is 0 Å². The predicted octanol–water partition coefficient (Wildman–Crippen LogP) is 0.677. The van der Waals surface area contributed by atoms with Gasteiger partial charge in [0.2, 0.25) is 29.5 Å². The molecule has 0 saturated carbocycles. The van der Waals surface area contributed by atoms with E-state index < -0.39 is 48.1 Å². The number of amides is 6. The summed E-state index contributed by atoms with van der Waals surface area (Å²) < 4.78 is 0. The Kier molecular flexibility index (Phi) is 13.8. The Morgan fingerprint density at radius 2 is 1.40 bits per heavy atom. The maximum Gasteiger partial charge on any atom is 0.256 e. The number of hydrazine groups is 1. The summed E-state index contributed by atoms with van der Waals surface area (Å²) >= 11 is 0. The van der Waals surface area contributed by atoms with Crippen LogP contribution in [0.1, 0.15) is 84.1 Å². The fraction of sp³-hybridized carbons (Fsp3) is 0.667. The van der Waals surface area contributed by atoms with Gasteiger partial charge < -0.3 is 30.7 Å². The van der Waals surface area contributed by atoms with Crippen LogP contribution in [0.3, 0.4) is 0 Å². The van der Waals surface area contributed by atoms with Gasteiger partial charge in [-0.3, -0.25) is 34.2 Å². The van der Waals surface area contributed by atoms with E-state index in [2.05, 4.69) is 10.7 Å². The molecule has 0 radical (unpaired) electrons. The maximum atomic E-state index is 14.4. The van der Waals surface area contributed by atoms with E-state index in [1.54, 1.807) is 23.8 Å². The lowest BCUT2D eigenvalue weighted by molar-refractivity contribution is -0.158. The van der Waals surface area contributed by atoms with Crippen LogP contribution in [0.25, 0.3) is 0 Å². The second kappa shape index (κ2) is 17.8. The Hall–Kier alpha value is -4.04. The van der Waals surface area contributed by atoms with Crippen molar-refractivity contribution < 1.29 is 28.8 Å². The Bertz CT molecular complexity index is 1380. The number of nitrogens with zero attached hydrogens (tertiary/aromatic N) is 4. The fourth-order valence-electron chi connectivity index (χ4n) is 7.41. The monoisotopic (exact) mass is 696 g/mol. The minimum absolute atomic E-state index is 0.212. The van der Waals surface area contributed by atoms with Gasteiger partial charge >= 0.3 is 0 Å². The lowest BCUT2D eigenvalue weighted by Gasteiger charge is -2.44. The van der Waals surface area contributed by atoms with Gasteiger partial charge in [-0.2, -0.15) is 0 Å². The van der Waals surface area contributed by atoms with Crippen LogP contribution in [0.5, 0.6) is 0 Å². The molecule has 14 heteroatoms. The van der Waals surface area contributed by atoms with Crippen LogP contribution in [0.2, 0.25) is 0 Å². The van der Waals surface area contributed by atoms with Crippen LogP contribution in [0, 0.1) is 5.92 Å². The minimum Gasteiger partial charge on any atom is -0.343 e. The third-order valence-electron chi connectivity index (χ3n) is 10.8. The molecule has 3 aliphatic rings. The number of benzene rings is 1. The number of carbonyl (C=O) groups excluding carboxylic acids is 6. The highest BCUT2D eigenvalue weighted by Crippen LogP contribution is 2.28. The summed E-state index contributed by atoms with van der Waals surface area (Å²) in [6, 6.07) is 4.60. The van der Waals surface area contributed by atoms with Crippen LogP contribution in [-0.4, -0.2) is 118 Å². The lowest BCUT2D eigenvalue weighted by atomic mass is 9.92. The molecule has 6 N–H and O–H groups in total.